The number of hydroxylamine groups is 1. The van der Waals surface area contributed by atoms with E-state index in [2.05, 4.69) is 32.1 Å². The number of carbonyl (C=O) groups is 3. The Morgan fingerprint density at radius 2 is 1.97 bits per heavy atom. The molecule has 0 aliphatic carbocycles. The zero-order valence-corrected chi connectivity index (χ0v) is 18.1. The lowest BCUT2D eigenvalue weighted by Gasteiger charge is -2.16. The second kappa shape index (κ2) is 14.1. The van der Waals surface area contributed by atoms with Crippen molar-refractivity contribution < 1.29 is 29.1 Å². The number of unbranched alkanes of at least 4 members (excludes halogenated alkanes) is 2. The van der Waals surface area contributed by atoms with Gasteiger partial charge in [0.25, 0.3) is 5.91 Å². The first-order chi connectivity index (χ1) is 15.0. The van der Waals surface area contributed by atoms with Gasteiger partial charge in [0.2, 0.25) is 0 Å². The third-order valence-corrected chi connectivity index (χ3v) is 5.12. The van der Waals surface area contributed by atoms with Crippen molar-refractivity contribution in [3.05, 3.63) is 0 Å². The van der Waals surface area contributed by atoms with E-state index in [9.17, 15) is 19.5 Å². The quantitative estimate of drug-likeness (QED) is 0.165. The molecule has 2 rings (SSSR count). The highest BCUT2D eigenvalue weighted by Crippen LogP contribution is 2.16. The highest BCUT2D eigenvalue weighted by Gasteiger charge is 2.31. The number of carbonyl (C=O) groups excluding carboxylic acids is 2. The molecule has 0 spiro atoms. The Bertz CT molecular complexity index is 574. The highest BCUT2D eigenvalue weighted by atomic mass is 16.7. The molecule has 2 aliphatic heterocycles. The first kappa shape index (κ1) is 25.3. The van der Waals surface area contributed by atoms with Gasteiger partial charge in [-0.3, -0.25) is 25.6 Å². The van der Waals surface area contributed by atoms with E-state index in [1.54, 1.807) is 0 Å². The topological polar surface area (TPSA) is 162 Å². The lowest BCUT2D eigenvalue weighted by Crippen LogP contribution is -2.50. The molecule has 2 aliphatic rings. The van der Waals surface area contributed by atoms with Gasteiger partial charge in [0, 0.05) is 32.1 Å². The fourth-order valence-corrected chi connectivity index (χ4v) is 3.29. The van der Waals surface area contributed by atoms with Crippen LogP contribution in [0.15, 0.2) is 0 Å². The lowest BCUT2D eigenvalue weighted by atomic mass is 10.0. The minimum absolute atomic E-state index is 0.0698. The molecule has 3 unspecified atom stereocenters. The summed E-state index contributed by atoms with van der Waals surface area (Å²) in [6.45, 7) is 4.75. The summed E-state index contributed by atoms with van der Waals surface area (Å²) in [5.41, 5.74) is 2.88. The molecule has 2 saturated heterocycles. The number of amides is 2. The molecular formula is C19H36N6O6. The molecule has 178 valence electrons. The molecule has 7 N–H and O–H groups in total. The zero-order valence-electron chi connectivity index (χ0n) is 18.1. The van der Waals surface area contributed by atoms with Gasteiger partial charge in [-0.25, -0.2) is 9.59 Å². The summed E-state index contributed by atoms with van der Waals surface area (Å²) in [5.74, 6) is -1.67. The van der Waals surface area contributed by atoms with Crippen LogP contribution in [-0.2, 0) is 19.2 Å². The van der Waals surface area contributed by atoms with Crippen molar-refractivity contribution in [1.82, 2.24) is 32.1 Å². The number of hydrogen-bond donors (Lipinski definition) is 7. The third kappa shape index (κ3) is 9.78. The number of alkyl carbamates (subject to hydrolysis) is 1. The molecule has 3 atom stereocenters. The Hall–Kier alpha value is -1.99. The second-order valence-corrected chi connectivity index (χ2v) is 7.72. The van der Waals surface area contributed by atoms with Crippen molar-refractivity contribution in [3.63, 3.8) is 0 Å². The predicted molar refractivity (Wildman–Crippen MR) is 112 cm³/mol. The fourth-order valence-electron chi connectivity index (χ4n) is 3.29. The van der Waals surface area contributed by atoms with Crippen molar-refractivity contribution in [2.45, 2.75) is 69.9 Å². The Kier molecular flexibility index (Phi) is 11.5. The molecular weight excluding hydrogens is 408 g/mol. The van der Waals surface area contributed by atoms with Gasteiger partial charge in [-0.15, -0.1) is 0 Å². The van der Waals surface area contributed by atoms with Crippen LogP contribution in [0.2, 0.25) is 0 Å². The molecule has 0 aromatic carbocycles. The highest BCUT2D eigenvalue weighted by molar-refractivity contribution is 5.83. The number of carboxylic acid groups (broad SMARTS) is 1. The molecule has 12 nitrogen and oxygen atoms in total. The summed E-state index contributed by atoms with van der Waals surface area (Å²) in [7, 11) is 0. The van der Waals surface area contributed by atoms with E-state index < -0.39 is 30.1 Å². The van der Waals surface area contributed by atoms with E-state index in [1.165, 1.54) is 0 Å². The average molecular weight is 445 g/mol. The van der Waals surface area contributed by atoms with E-state index in [4.69, 9.17) is 9.57 Å². The van der Waals surface area contributed by atoms with Crippen LogP contribution < -0.4 is 32.1 Å². The number of rotatable bonds is 14. The van der Waals surface area contributed by atoms with E-state index in [-0.39, 0.29) is 25.5 Å². The fraction of sp³-hybridized carbons (Fsp3) is 0.842. The lowest BCUT2D eigenvalue weighted by molar-refractivity contribution is -0.139. The van der Waals surface area contributed by atoms with Crippen LogP contribution in [0.1, 0.15) is 45.4 Å². The van der Waals surface area contributed by atoms with Gasteiger partial charge in [-0.1, -0.05) is 19.8 Å². The van der Waals surface area contributed by atoms with Gasteiger partial charge in [0.15, 0.2) is 6.10 Å². The largest absolute Gasteiger partial charge is 0.480 e. The van der Waals surface area contributed by atoms with Crippen molar-refractivity contribution in [2.75, 3.05) is 32.8 Å². The van der Waals surface area contributed by atoms with Crippen LogP contribution in [0.3, 0.4) is 0 Å². The first-order valence-corrected chi connectivity index (χ1v) is 11.0. The van der Waals surface area contributed by atoms with Crippen LogP contribution in [0.5, 0.6) is 0 Å². The van der Waals surface area contributed by atoms with Crippen LogP contribution in [0, 0.1) is 0 Å². The van der Waals surface area contributed by atoms with Crippen LogP contribution in [-0.4, -0.2) is 80.3 Å². The molecule has 0 radical (unpaired) electrons. The maximum atomic E-state index is 12.3. The van der Waals surface area contributed by atoms with Gasteiger partial charge in [0.05, 0.1) is 6.61 Å². The van der Waals surface area contributed by atoms with Crippen molar-refractivity contribution >= 4 is 18.0 Å². The van der Waals surface area contributed by atoms with E-state index in [1.807, 2.05) is 6.92 Å². The Balaban J connectivity index is 1.59. The molecule has 31 heavy (non-hydrogen) atoms. The monoisotopic (exact) mass is 444 g/mol. The smallest absolute Gasteiger partial charge is 0.407 e. The molecule has 0 aromatic heterocycles. The van der Waals surface area contributed by atoms with Crippen molar-refractivity contribution in [3.8, 4) is 0 Å². The van der Waals surface area contributed by atoms with Gasteiger partial charge in [-0.05, 0) is 25.8 Å². The predicted octanol–water partition coefficient (Wildman–Crippen LogP) is -1.02. The normalized spacial score (nSPS) is 22.2. The van der Waals surface area contributed by atoms with Gasteiger partial charge < -0.3 is 20.5 Å². The maximum absolute atomic E-state index is 12.3. The summed E-state index contributed by atoms with van der Waals surface area (Å²) >= 11 is 0. The minimum atomic E-state index is -1.28. The summed E-state index contributed by atoms with van der Waals surface area (Å²) < 4.78 is 4.90. The standard InChI is InChI=1S/C19H36N6O6/c1-2-3-10-30-19(29)24-14(17(27)28)12-23-16(26)15-11-13(25-31-15)6-4-5-7-20-18-21-8-9-22-18/h13-15,18,20-22,25H,2-12H2,1H3,(H,23,26)(H,24,29)(H,27,28). The Morgan fingerprint density at radius 3 is 2.68 bits per heavy atom. The second-order valence-electron chi connectivity index (χ2n) is 7.72. The van der Waals surface area contributed by atoms with E-state index in [0.29, 0.717) is 12.8 Å². The first-order valence-electron chi connectivity index (χ1n) is 11.0. The summed E-state index contributed by atoms with van der Waals surface area (Å²) in [6, 6.07) is -1.21. The molecule has 0 bridgehead atoms. The summed E-state index contributed by atoms with van der Waals surface area (Å²) in [5, 5.41) is 24.0. The zero-order chi connectivity index (χ0) is 22.5. The van der Waals surface area contributed by atoms with E-state index >= 15 is 0 Å². The molecule has 12 heteroatoms. The van der Waals surface area contributed by atoms with E-state index in [0.717, 1.165) is 45.3 Å². The van der Waals surface area contributed by atoms with Gasteiger partial charge in [-0.2, -0.15) is 5.48 Å². The van der Waals surface area contributed by atoms with Crippen LogP contribution in [0.25, 0.3) is 0 Å². The molecule has 2 amide bonds. The number of ether oxygens (including phenoxy) is 1. The Morgan fingerprint density at radius 1 is 1.19 bits per heavy atom. The maximum Gasteiger partial charge on any atom is 0.407 e. The molecule has 0 saturated carbocycles. The third-order valence-electron chi connectivity index (χ3n) is 5.12. The number of hydrogen-bond acceptors (Lipinski definition) is 9. The van der Waals surface area contributed by atoms with Gasteiger partial charge >= 0.3 is 12.1 Å². The summed E-state index contributed by atoms with van der Waals surface area (Å²) in [6.07, 6.45) is 3.60. The average Bonchev–Trinajstić information content (AvgIpc) is 3.43. The Labute approximate surface area is 182 Å². The SMILES string of the molecule is CCCCOC(=O)NC(CNC(=O)C1CC(CCCCNC2NCCN2)NO1)C(=O)O. The summed E-state index contributed by atoms with van der Waals surface area (Å²) in [4.78, 5) is 40.6. The minimum Gasteiger partial charge on any atom is -0.480 e. The number of carboxylic acids is 1. The number of nitrogens with one attached hydrogen (secondary N) is 6. The molecule has 0 aromatic rings. The number of aliphatic carboxylic acids is 1. The van der Waals surface area contributed by atoms with Crippen molar-refractivity contribution in [2.24, 2.45) is 0 Å². The van der Waals surface area contributed by atoms with Gasteiger partial charge in [0.1, 0.15) is 12.3 Å². The van der Waals surface area contributed by atoms with Crippen LogP contribution in [0.4, 0.5) is 4.79 Å². The molecule has 2 heterocycles. The molecule has 2 fully saturated rings. The van der Waals surface area contributed by atoms with Crippen molar-refractivity contribution in [1.29, 1.82) is 0 Å². The van der Waals surface area contributed by atoms with Crippen LogP contribution >= 0.6 is 0 Å².